The summed E-state index contributed by atoms with van der Waals surface area (Å²) in [7, 11) is 5.45. The van der Waals surface area contributed by atoms with Crippen molar-refractivity contribution in [2.45, 2.75) is 19.3 Å². The molecule has 96 valence electrons. The third kappa shape index (κ3) is 4.30. The highest BCUT2D eigenvalue weighted by atomic mass is 19.3. The van der Waals surface area contributed by atoms with E-state index in [4.69, 9.17) is 4.74 Å². The maximum atomic E-state index is 12.6. The molecular weight excluding hydrogens is 224 g/mol. The molecule has 17 heavy (non-hydrogen) atoms. The Hall–Kier alpha value is -1.16. The normalized spacial score (nSPS) is 11.2. The van der Waals surface area contributed by atoms with Crippen LogP contribution in [0.1, 0.15) is 24.0 Å². The molecular formula is C13H19F2NO. The van der Waals surface area contributed by atoms with E-state index in [1.807, 2.05) is 14.1 Å². The van der Waals surface area contributed by atoms with Gasteiger partial charge in [-0.15, -0.1) is 0 Å². The van der Waals surface area contributed by atoms with Gasteiger partial charge in [-0.1, -0.05) is 6.07 Å². The van der Waals surface area contributed by atoms with Gasteiger partial charge in [-0.2, -0.15) is 0 Å². The van der Waals surface area contributed by atoms with Gasteiger partial charge in [0.1, 0.15) is 5.75 Å². The predicted molar refractivity (Wildman–Crippen MR) is 64.8 cm³/mol. The van der Waals surface area contributed by atoms with Crippen molar-refractivity contribution in [1.82, 2.24) is 4.90 Å². The van der Waals surface area contributed by atoms with E-state index >= 15 is 0 Å². The highest BCUT2D eigenvalue weighted by Crippen LogP contribution is 2.29. The Kier molecular flexibility index (Phi) is 5.35. The van der Waals surface area contributed by atoms with Crippen molar-refractivity contribution in [1.29, 1.82) is 0 Å². The Labute approximate surface area is 101 Å². The summed E-state index contributed by atoms with van der Waals surface area (Å²) in [5.41, 5.74) is 0.997. The molecule has 0 N–H and O–H groups in total. The molecule has 0 unspecified atom stereocenters. The minimum Gasteiger partial charge on any atom is -0.496 e. The van der Waals surface area contributed by atoms with Crippen molar-refractivity contribution in [2.24, 2.45) is 0 Å². The van der Waals surface area contributed by atoms with Gasteiger partial charge in [-0.3, -0.25) is 0 Å². The fourth-order valence-electron chi connectivity index (χ4n) is 1.69. The topological polar surface area (TPSA) is 12.5 Å². The number of hydrogen-bond donors (Lipinski definition) is 0. The standard InChI is InChI=1S/C13H19F2NO/c1-16(2)8-4-5-10-6-7-11(13(14)15)12(9-10)17-3/h6-7,9,13H,4-5,8H2,1-3H3. The molecule has 0 fully saturated rings. The van der Waals surface area contributed by atoms with Crippen molar-refractivity contribution in [3.8, 4) is 5.75 Å². The van der Waals surface area contributed by atoms with Crippen LogP contribution in [-0.2, 0) is 6.42 Å². The Bertz CT molecular complexity index is 353. The summed E-state index contributed by atoms with van der Waals surface area (Å²) in [5.74, 6) is 0.280. The number of hydrogen-bond acceptors (Lipinski definition) is 2. The van der Waals surface area contributed by atoms with Crippen LogP contribution < -0.4 is 4.74 Å². The van der Waals surface area contributed by atoms with Gasteiger partial charge in [0.15, 0.2) is 0 Å². The third-order valence-corrected chi connectivity index (χ3v) is 2.60. The molecule has 0 aromatic heterocycles. The van der Waals surface area contributed by atoms with Crippen LogP contribution in [0.5, 0.6) is 5.75 Å². The number of alkyl halides is 2. The highest BCUT2D eigenvalue weighted by Gasteiger charge is 2.13. The molecule has 0 atom stereocenters. The Balaban J connectivity index is 2.69. The first-order chi connectivity index (χ1) is 8.04. The zero-order chi connectivity index (χ0) is 12.8. The Morgan fingerprint density at radius 3 is 2.53 bits per heavy atom. The second-order valence-corrected chi connectivity index (χ2v) is 4.28. The fraction of sp³-hybridized carbons (Fsp3) is 0.538. The van der Waals surface area contributed by atoms with Gasteiger partial charge in [0.25, 0.3) is 6.43 Å². The number of benzene rings is 1. The van der Waals surface area contributed by atoms with E-state index < -0.39 is 6.43 Å². The van der Waals surface area contributed by atoms with Crippen molar-refractivity contribution >= 4 is 0 Å². The molecule has 0 heterocycles. The van der Waals surface area contributed by atoms with Crippen LogP contribution in [-0.4, -0.2) is 32.6 Å². The molecule has 4 heteroatoms. The summed E-state index contributed by atoms with van der Waals surface area (Å²) in [6.45, 7) is 0.985. The number of aryl methyl sites for hydroxylation is 1. The fourth-order valence-corrected chi connectivity index (χ4v) is 1.69. The van der Waals surface area contributed by atoms with Crippen molar-refractivity contribution in [3.63, 3.8) is 0 Å². The van der Waals surface area contributed by atoms with Gasteiger partial charge >= 0.3 is 0 Å². The first-order valence-electron chi connectivity index (χ1n) is 5.64. The number of methoxy groups -OCH3 is 1. The van der Waals surface area contributed by atoms with Crippen LogP contribution in [0.3, 0.4) is 0 Å². The number of rotatable bonds is 6. The van der Waals surface area contributed by atoms with Gasteiger partial charge in [0.2, 0.25) is 0 Å². The number of halogens is 2. The molecule has 0 aliphatic heterocycles. The maximum Gasteiger partial charge on any atom is 0.267 e. The van der Waals surface area contributed by atoms with Gasteiger partial charge in [0.05, 0.1) is 12.7 Å². The van der Waals surface area contributed by atoms with E-state index in [0.29, 0.717) is 0 Å². The summed E-state index contributed by atoms with van der Waals surface area (Å²) in [5, 5.41) is 0. The van der Waals surface area contributed by atoms with Gasteiger partial charge in [-0.05, 0) is 51.2 Å². The van der Waals surface area contributed by atoms with Crippen LogP contribution in [0, 0.1) is 0 Å². The molecule has 1 aromatic carbocycles. The van der Waals surface area contributed by atoms with Crippen LogP contribution in [0.4, 0.5) is 8.78 Å². The summed E-state index contributed by atoms with van der Waals surface area (Å²) in [6, 6.07) is 4.91. The molecule has 0 saturated heterocycles. The van der Waals surface area contributed by atoms with E-state index in [0.717, 1.165) is 24.9 Å². The lowest BCUT2D eigenvalue weighted by molar-refractivity contribution is 0.147. The molecule has 2 nitrogen and oxygen atoms in total. The lowest BCUT2D eigenvalue weighted by Gasteiger charge is -2.11. The number of nitrogens with zero attached hydrogens (tertiary/aromatic N) is 1. The van der Waals surface area contributed by atoms with E-state index in [1.165, 1.54) is 13.2 Å². The van der Waals surface area contributed by atoms with Crippen molar-refractivity contribution < 1.29 is 13.5 Å². The van der Waals surface area contributed by atoms with E-state index in [-0.39, 0.29) is 11.3 Å². The molecule has 0 amide bonds. The Morgan fingerprint density at radius 2 is 2.00 bits per heavy atom. The first kappa shape index (κ1) is 13.9. The van der Waals surface area contributed by atoms with Crippen molar-refractivity contribution in [3.05, 3.63) is 29.3 Å². The zero-order valence-corrected chi connectivity index (χ0v) is 10.5. The lowest BCUT2D eigenvalue weighted by Crippen LogP contribution is -2.13. The molecule has 0 bridgehead atoms. The molecule has 0 aliphatic rings. The molecule has 1 rings (SSSR count). The quantitative estimate of drug-likeness (QED) is 0.761. The van der Waals surface area contributed by atoms with E-state index in [1.54, 1.807) is 12.1 Å². The minimum absolute atomic E-state index is 0.0381. The molecule has 0 radical (unpaired) electrons. The van der Waals surface area contributed by atoms with Gasteiger partial charge in [-0.25, -0.2) is 8.78 Å². The smallest absolute Gasteiger partial charge is 0.267 e. The Morgan fingerprint density at radius 1 is 1.29 bits per heavy atom. The molecule has 0 aliphatic carbocycles. The second-order valence-electron chi connectivity index (χ2n) is 4.28. The highest BCUT2D eigenvalue weighted by molar-refractivity contribution is 5.38. The summed E-state index contributed by atoms with van der Waals surface area (Å²) in [4.78, 5) is 2.10. The summed E-state index contributed by atoms with van der Waals surface area (Å²) in [6.07, 6.45) is -0.608. The predicted octanol–water partition coefficient (Wildman–Crippen LogP) is 3.13. The first-order valence-corrected chi connectivity index (χ1v) is 5.64. The molecule has 1 aromatic rings. The molecule has 0 spiro atoms. The SMILES string of the molecule is COc1cc(CCCN(C)C)ccc1C(F)F. The van der Waals surface area contributed by atoms with Gasteiger partial charge in [0, 0.05) is 0 Å². The lowest BCUT2D eigenvalue weighted by atomic mass is 10.1. The summed E-state index contributed by atoms with van der Waals surface area (Å²) < 4.78 is 30.2. The van der Waals surface area contributed by atoms with Crippen LogP contribution in [0.25, 0.3) is 0 Å². The zero-order valence-electron chi connectivity index (χ0n) is 10.5. The van der Waals surface area contributed by atoms with Crippen LogP contribution in [0.15, 0.2) is 18.2 Å². The van der Waals surface area contributed by atoms with Gasteiger partial charge < -0.3 is 9.64 Å². The van der Waals surface area contributed by atoms with E-state index in [9.17, 15) is 8.78 Å². The summed E-state index contributed by atoms with van der Waals surface area (Å²) >= 11 is 0. The molecule has 0 saturated carbocycles. The minimum atomic E-state index is -2.49. The monoisotopic (exact) mass is 243 g/mol. The average Bonchev–Trinajstić information content (AvgIpc) is 2.28. The van der Waals surface area contributed by atoms with Crippen LogP contribution >= 0.6 is 0 Å². The van der Waals surface area contributed by atoms with E-state index in [2.05, 4.69) is 4.90 Å². The maximum absolute atomic E-state index is 12.6. The average molecular weight is 243 g/mol. The largest absolute Gasteiger partial charge is 0.496 e. The second kappa shape index (κ2) is 6.55. The number of ether oxygens (including phenoxy) is 1. The van der Waals surface area contributed by atoms with Crippen LogP contribution in [0.2, 0.25) is 0 Å². The third-order valence-electron chi connectivity index (χ3n) is 2.60. The van der Waals surface area contributed by atoms with Crippen molar-refractivity contribution in [2.75, 3.05) is 27.7 Å².